The lowest BCUT2D eigenvalue weighted by Gasteiger charge is -2.37. The highest BCUT2D eigenvalue weighted by molar-refractivity contribution is 6.30. The molecule has 2 aliphatic rings. The highest BCUT2D eigenvalue weighted by atomic mass is 35.5. The molecule has 0 radical (unpaired) electrons. The molecular formula is C19H22ClFN2O4. The van der Waals surface area contributed by atoms with E-state index in [1.807, 2.05) is 6.92 Å². The summed E-state index contributed by atoms with van der Waals surface area (Å²) in [5, 5.41) is 9.24. The van der Waals surface area contributed by atoms with Crippen molar-refractivity contribution in [1.29, 1.82) is 0 Å². The van der Waals surface area contributed by atoms with E-state index in [9.17, 15) is 23.9 Å². The third kappa shape index (κ3) is 3.65. The molecule has 6 nitrogen and oxygen atoms in total. The highest BCUT2D eigenvalue weighted by Gasteiger charge is 2.45. The zero-order chi connectivity index (χ0) is 19.9. The molecule has 2 fully saturated rings. The van der Waals surface area contributed by atoms with Gasteiger partial charge in [-0.2, -0.15) is 0 Å². The summed E-state index contributed by atoms with van der Waals surface area (Å²) in [7, 11) is 1.60. The maximum absolute atomic E-state index is 13.9. The molecule has 8 heteroatoms. The number of hydrogen-bond donors (Lipinski definition) is 1. The summed E-state index contributed by atoms with van der Waals surface area (Å²) in [6.07, 6.45) is 0.441. The van der Waals surface area contributed by atoms with E-state index in [0.717, 1.165) is 0 Å². The Morgan fingerprint density at radius 2 is 2.00 bits per heavy atom. The lowest BCUT2D eigenvalue weighted by Crippen LogP contribution is -2.47. The SMILES string of the molecule is CC1CN(C(=O)C2CC(=O)N(C)C2c2ccc(Cl)c(F)c2)CCC1C(=O)O. The number of piperidine rings is 1. The van der Waals surface area contributed by atoms with Crippen LogP contribution in [0, 0.1) is 23.6 Å². The molecule has 2 heterocycles. The average molecular weight is 397 g/mol. The van der Waals surface area contributed by atoms with Gasteiger partial charge in [-0.3, -0.25) is 14.4 Å². The number of hydrogen-bond acceptors (Lipinski definition) is 3. The maximum atomic E-state index is 13.9. The lowest BCUT2D eigenvalue weighted by molar-refractivity contribution is -0.149. The van der Waals surface area contributed by atoms with Crippen LogP contribution in [-0.4, -0.2) is 52.8 Å². The predicted molar refractivity (Wildman–Crippen MR) is 96.5 cm³/mol. The molecule has 1 aromatic carbocycles. The molecule has 1 N–H and O–H groups in total. The van der Waals surface area contributed by atoms with Crippen LogP contribution >= 0.6 is 11.6 Å². The summed E-state index contributed by atoms with van der Waals surface area (Å²) >= 11 is 5.75. The van der Waals surface area contributed by atoms with Gasteiger partial charge in [0, 0.05) is 26.6 Å². The van der Waals surface area contributed by atoms with E-state index in [4.69, 9.17) is 11.6 Å². The van der Waals surface area contributed by atoms with Gasteiger partial charge >= 0.3 is 5.97 Å². The first-order valence-corrected chi connectivity index (χ1v) is 9.30. The summed E-state index contributed by atoms with van der Waals surface area (Å²) in [4.78, 5) is 39.8. The van der Waals surface area contributed by atoms with Crippen LogP contribution in [0.1, 0.15) is 31.4 Å². The molecule has 0 aliphatic carbocycles. The van der Waals surface area contributed by atoms with Crippen LogP contribution in [0.5, 0.6) is 0 Å². The van der Waals surface area contributed by atoms with Gasteiger partial charge in [0.2, 0.25) is 11.8 Å². The molecule has 4 atom stereocenters. The summed E-state index contributed by atoms with van der Waals surface area (Å²) < 4.78 is 13.9. The molecule has 2 saturated heterocycles. The van der Waals surface area contributed by atoms with Gasteiger partial charge in [0.1, 0.15) is 5.82 Å². The third-order valence-electron chi connectivity index (χ3n) is 5.72. The van der Waals surface area contributed by atoms with Crippen molar-refractivity contribution in [3.8, 4) is 0 Å². The average Bonchev–Trinajstić information content (AvgIpc) is 2.91. The molecule has 2 amide bonds. The van der Waals surface area contributed by atoms with E-state index < -0.39 is 29.7 Å². The Morgan fingerprint density at radius 3 is 2.59 bits per heavy atom. The quantitative estimate of drug-likeness (QED) is 0.851. The van der Waals surface area contributed by atoms with Gasteiger partial charge in [0.25, 0.3) is 0 Å². The molecule has 146 valence electrons. The number of carbonyl (C=O) groups is 3. The molecular weight excluding hydrogens is 375 g/mol. The van der Waals surface area contributed by atoms with Crippen LogP contribution in [0.2, 0.25) is 5.02 Å². The number of carboxylic acids is 1. The molecule has 27 heavy (non-hydrogen) atoms. The van der Waals surface area contributed by atoms with E-state index in [0.29, 0.717) is 25.1 Å². The summed E-state index contributed by atoms with van der Waals surface area (Å²) in [6, 6.07) is 3.75. The maximum Gasteiger partial charge on any atom is 0.306 e. The smallest absolute Gasteiger partial charge is 0.306 e. The van der Waals surface area contributed by atoms with Crippen molar-refractivity contribution >= 4 is 29.4 Å². The fourth-order valence-electron chi connectivity index (χ4n) is 4.19. The number of amides is 2. The fraction of sp³-hybridized carbons (Fsp3) is 0.526. The number of benzene rings is 1. The Kier molecular flexibility index (Phi) is 5.42. The third-order valence-corrected chi connectivity index (χ3v) is 6.03. The van der Waals surface area contributed by atoms with Gasteiger partial charge in [0.05, 0.1) is 22.9 Å². The van der Waals surface area contributed by atoms with E-state index in [1.54, 1.807) is 18.0 Å². The number of carbonyl (C=O) groups excluding carboxylic acids is 2. The Morgan fingerprint density at radius 1 is 1.30 bits per heavy atom. The van der Waals surface area contributed by atoms with Gasteiger partial charge in [0.15, 0.2) is 0 Å². The van der Waals surface area contributed by atoms with Crippen LogP contribution in [-0.2, 0) is 14.4 Å². The molecule has 4 unspecified atom stereocenters. The van der Waals surface area contributed by atoms with Crippen molar-refractivity contribution in [2.45, 2.75) is 25.8 Å². The van der Waals surface area contributed by atoms with E-state index >= 15 is 0 Å². The number of likely N-dealkylation sites (tertiary alicyclic amines) is 2. The minimum Gasteiger partial charge on any atom is -0.481 e. The summed E-state index contributed by atoms with van der Waals surface area (Å²) in [5.41, 5.74) is 0.525. The Bertz CT molecular complexity index is 787. The van der Waals surface area contributed by atoms with Crippen LogP contribution in [0.25, 0.3) is 0 Å². The van der Waals surface area contributed by atoms with Gasteiger partial charge in [-0.1, -0.05) is 24.6 Å². The first-order chi connectivity index (χ1) is 12.7. The highest BCUT2D eigenvalue weighted by Crippen LogP contribution is 2.39. The van der Waals surface area contributed by atoms with Crippen molar-refractivity contribution in [2.75, 3.05) is 20.1 Å². The van der Waals surface area contributed by atoms with Crippen molar-refractivity contribution < 1.29 is 23.9 Å². The summed E-state index contributed by atoms with van der Waals surface area (Å²) in [6.45, 7) is 2.50. The van der Waals surface area contributed by atoms with Crippen LogP contribution in [0.4, 0.5) is 4.39 Å². The minimum absolute atomic E-state index is 0.0156. The normalized spacial score (nSPS) is 28.5. The zero-order valence-corrected chi connectivity index (χ0v) is 15.9. The number of carboxylic acid groups (broad SMARTS) is 1. The minimum atomic E-state index is -0.847. The number of halogens is 2. The second-order valence-electron chi connectivity index (χ2n) is 7.43. The van der Waals surface area contributed by atoms with Crippen LogP contribution < -0.4 is 0 Å². The standard InChI is InChI=1S/C19H22ClFN2O4/c1-10-9-23(6-5-12(10)19(26)27)18(25)13-8-16(24)22(2)17(13)11-3-4-14(20)15(21)7-11/h3-4,7,10,12-13,17H,5-6,8-9H2,1-2H3,(H,26,27). The second kappa shape index (κ2) is 7.46. The lowest BCUT2D eigenvalue weighted by atomic mass is 9.85. The molecule has 0 spiro atoms. The van der Waals surface area contributed by atoms with E-state index in [-0.39, 0.29) is 29.2 Å². The second-order valence-corrected chi connectivity index (χ2v) is 7.84. The zero-order valence-electron chi connectivity index (χ0n) is 15.2. The van der Waals surface area contributed by atoms with Crippen LogP contribution in [0.15, 0.2) is 18.2 Å². The summed E-state index contributed by atoms with van der Waals surface area (Å²) in [5.74, 6) is -3.07. The number of aliphatic carboxylic acids is 1. The monoisotopic (exact) mass is 396 g/mol. The largest absolute Gasteiger partial charge is 0.481 e. The Labute approximate surface area is 161 Å². The molecule has 0 aromatic heterocycles. The molecule has 0 bridgehead atoms. The van der Waals surface area contributed by atoms with Crippen molar-refractivity contribution in [1.82, 2.24) is 9.80 Å². The predicted octanol–water partition coefficient (Wildman–Crippen LogP) is 2.57. The van der Waals surface area contributed by atoms with Gasteiger partial charge in [-0.15, -0.1) is 0 Å². The van der Waals surface area contributed by atoms with Crippen molar-refractivity contribution in [3.63, 3.8) is 0 Å². The molecule has 1 aromatic rings. The van der Waals surface area contributed by atoms with Crippen LogP contribution in [0.3, 0.4) is 0 Å². The van der Waals surface area contributed by atoms with Gasteiger partial charge in [-0.25, -0.2) is 4.39 Å². The Hall–Kier alpha value is -2.15. The topological polar surface area (TPSA) is 77.9 Å². The van der Waals surface area contributed by atoms with Crippen molar-refractivity contribution in [3.05, 3.63) is 34.6 Å². The van der Waals surface area contributed by atoms with Crippen molar-refractivity contribution in [2.24, 2.45) is 17.8 Å². The van der Waals surface area contributed by atoms with E-state index in [1.165, 1.54) is 17.0 Å². The molecule has 3 rings (SSSR count). The number of rotatable bonds is 3. The first-order valence-electron chi connectivity index (χ1n) is 8.93. The Balaban J connectivity index is 1.83. The van der Waals surface area contributed by atoms with E-state index in [2.05, 4.69) is 0 Å². The molecule has 0 saturated carbocycles. The fourth-order valence-corrected chi connectivity index (χ4v) is 4.31. The number of nitrogens with zero attached hydrogens (tertiary/aromatic N) is 2. The van der Waals surface area contributed by atoms with Gasteiger partial charge in [-0.05, 0) is 30.0 Å². The molecule has 2 aliphatic heterocycles. The van der Waals surface area contributed by atoms with Gasteiger partial charge < -0.3 is 14.9 Å². The first kappa shape index (κ1) is 19.6.